The first-order valence-electron chi connectivity index (χ1n) is 7.22. The van der Waals surface area contributed by atoms with Gasteiger partial charge in [-0.15, -0.1) is 0 Å². The molecule has 0 bridgehead atoms. The highest BCUT2D eigenvalue weighted by molar-refractivity contribution is 5.37. The number of rotatable bonds is 6. The maximum Gasteiger partial charge on any atom is 0.170 e. The van der Waals surface area contributed by atoms with Crippen molar-refractivity contribution < 1.29 is 9.13 Å². The van der Waals surface area contributed by atoms with Crippen molar-refractivity contribution in [1.82, 2.24) is 15.1 Å². The van der Waals surface area contributed by atoms with E-state index >= 15 is 0 Å². The fourth-order valence-corrected chi connectivity index (χ4v) is 2.52. The average molecular weight is 291 g/mol. The summed E-state index contributed by atoms with van der Waals surface area (Å²) in [7, 11) is 3.30. The molecule has 4 nitrogen and oxygen atoms in total. The number of hydrogen-bond acceptors (Lipinski definition) is 3. The van der Waals surface area contributed by atoms with Gasteiger partial charge in [0.2, 0.25) is 0 Å². The van der Waals surface area contributed by atoms with Crippen LogP contribution in [0.4, 0.5) is 4.39 Å². The maximum atomic E-state index is 14.5. The molecule has 114 valence electrons. The lowest BCUT2D eigenvalue weighted by atomic mass is 10.0. The Morgan fingerprint density at radius 3 is 2.71 bits per heavy atom. The molecule has 2 aromatic rings. The SMILES string of the molecule is CCc1cc(C(NC)c2cccc(OC)c2F)n(CC)n1. The van der Waals surface area contributed by atoms with Gasteiger partial charge in [-0.3, -0.25) is 4.68 Å². The number of hydrogen-bond donors (Lipinski definition) is 1. The number of aromatic nitrogens is 2. The molecule has 21 heavy (non-hydrogen) atoms. The van der Waals surface area contributed by atoms with Gasteiger partial charge in [0.15, 0.2) is 11.6 Å². The van der Waals surface area contributed by atoms with Crippen LogP contribution in [0.25, 0.3) is 0 Å². The molecule has 1 heterocycles. The Balaban J connectivity index is 2.52. The number of halogens is 1. The van der Waals surface area contributed by atoms with Crippen LogP contribution in [0.2, 0.25) is 0 Å². The summed E-state index contributed by atoms with van der Waals surface area (Å²) in [5.41, 5.74) is 2.54. The van der Waals surface area contributed by atoms with Gasteiger partial charge in [-0.05, 0) is 32.5 Å². The second kappa shape index (κ2) is 6.72. The molecule has 0 fully saturated rings. The van der Waals surface area contributed by atoms with Gasteiger partial charge in [-0.25, -0.2) is 4.39 Å². The van der Waals surface area contributed by atoms with Crippen molar-refractivity contribution in [3.8, 4) is 5.75 Å². The summed E-state index contributed by atoms with van der Waals surface area (Å²) in [4.78, 5) is 0. The predicted molar refractivity (Wildman–Crippen MR) is 81.1 cm³/mol. The molecular formula is C16H22FN3O. The van der Waals surface area contributed by atoms with Crippen LogP contribution in [-0.2, 0) is 13.0 Å². The van der Waals surface area contributed by atoms with E-state index in [1.807, 2.05) is 24.7 Å². The molecule has 1 unspecified atom stereocenters. The van der Waals surface area contributed by atoms with Gasteiger partial charge in [0.1, 0.15) is 0 Å². The van der Waals surface area contributed by atoms with E-state index in [1.54, 1.807) is 18.2 Å². The average Bonchev–Trinajstić information content (AvgIpc) is 2.93. The number of aryl methyl sites for hydroxylation is 2. The van der Waals surface area contributed by atoms with Crippen molar-refractivity contribution in [2.75, 3.05) is 14.2 Å². The van der Waals surface area contributed by atoms with E-state index in [-0.39, 0.29) is 17.6 Å². The van der Waals surface area contributed by atoms with Crippen LogP contribution in [-0.4, -0.2) is 23.9 Å². The highest BCUT2D eigenvalue weighted by Crippen LogP contribution is 2.29. The van der Waals surface area contributed by atoms with Crippen LogP contribution in [0, 0.1) is 5.82 Å². The summed E-state index contributed by atoms with van der Waals surface area (Å²) in [5.74, 6) is -0.0766. The first kappa shape index (κ1) is 15.5. The molecule has 1 aromatic heterocycles. The van der Waals surface area contributed by atoms with E-state index in [0.29, 0.717) is 5.56 Å². The third-order valence-corrected chi connectivity index (χ3v) is 3.63. The molecule has 0 aliphatic rings. The van der Waals surface area contributed by atoms with Crippen LogP contribution in [0.1, 0.15) is 36.8 Å². The van der Waals surface area contributed by atoms with Gasteiger partial charge >= 0.3 is 0 Å². The van der Waals surface area contributed by atoms with Gasteiger partial charge in [0.05, 0.1) is 24.5 Å². The Labute approximate surface area is 124 Å². The number of ether oxygens (including phenoxy) is 1. The Hall–Kier alpha value is -1.88. The molecule has 0 saturated carbocycles. The molecule has 0 spiro atoms. The summed E-state index contributed by atoms with van der Waals surface area (Å²) >= 11 is 0. The molecule has 1 N–H and O–H groups in total. The van der Waals surface area contributed by atoms with Crippen LogP contribution < -0.4 is 10.1 Å². The summed E-state index contributed by atoms with van der Waals surface area (Å²) in [6.45, 7) is 4.84. The molecule has 1 atom stereocenters. The maximum absolute atomic E-state index is 14.5. The quantitative estimate of drug-likeness (QED) is 0.889. The van der Waals surface area contributed by atoms with E-state index in [9.17, 15) is 4.39 Å². The summed E-state index contributed by atoms with van der Waals surface area (Å²) in [6, 6.07) is 6.98. The monoisotopic (exact) mass is 291 g/mol. The van der Waals surface area contributed by atoms with E-state index in [0.717, 1.165) is 24.4 Å². The lowest BCUT2D eigenvalue weighted by Gasteiger charge is -2.19. The van der Waals surface area contributed by atoms with Gasteiger partial charge in [-0.1, -0.05) is 19.1 Å². The molecular weight excluding hydrogens is 269 g/mol. The van der Waals surface area contributed by atoms with Crippen molar-refractivity contribution in [3.05, 3.63) is 47.0 Å². The second-order valence-corrected chi connectivity index (χ2v) is 4.82. The van der Waals surface area contributed by atoms with E-state index in [1.165, 1.54) is 7.11 Å². The Morgan fingerprint density at radius 1 is 1.38 bits per heavy atom. The topological polar surface area (TPSA) is 39.1 Å². The van der Waals surface area contributed by atoms with Crippen molar-refractivity contribution in [3.63, 3.8) is 0 Å². The summed E-state index contributed by atoms with van der Waals surface area (Å²) < 4.78 is 21.5. The van der Waals surface area contributed by atoms with Gasteiger partial charge < -0.3 is 10.1 Å². The van der Waals surface area contributed by atoms with Gasteiger partial charge in [0.25, 0.3) is 0 Å². The first-order chi connectivity index (χ1) is 10.2. The fourth-order valence-electron chi connectivity index (χ4n) is 2.52. The van der Waals surface area contributed by atoms with E-state index < -0.39 is 0 Å². The molecule has 2 rings (SSSR count). The molecule has 0 aliphatic heterocycles. The van der Waals surface area contributed by atoms with Crippen LogP contribution in [0.5, 0.6) is 5.75 Å². The lowest BCUT2D eigenvalue weighted by Crippen LogP contribution is -2.22. The Bertz CT molecular complexity index is 610. The normalized spacial score (nSPS) is 12.4. The van der Waals surface area contributed by atoms with Crippen molar-refractivity contribution >= 4 is 0 Å². The molecule has 1 aromatic carbocycles. The largest absolute Gasteiger partial charge is 0.494 e. The zero-order chi connectivity index (χ0) is 15.4. The summed E-state index contributed by atoms with van der Waals surface area (Å²) in [5, 5.41) is 7.72. The zero-order valence-electron chi connectivity index (χ0n) is 13.0. The van der Waals surface area contributed by atoms with Gasteiger partial charge in [-0.2, -0.15) is 5.10 Å². The van der Waals surface area contributed by atoms with E-state index in [2.05, 4.69) is 17.3 Å². The minimum Gasteiger partial charge on any atom is -0.494 e. The van der Waals surface area contributed by atoms with Crippen molar-refractivity contribution in [1.29, 1.82) is 0 Å². The molecule has 0 amide bonds. The minimum atomic E-state index is -0.332. The first-order valence-corrected chi connectivity index (χ1v) is 7.22. The van der Waals surface area contributed by atoms with Crippen LogP contribution >= 0.6 is 0 Å². The third kappa shape index (κ3) is 2.93. The van der Waals surface area contributed by atoms with Crippen LogP contribution in [0.15, 0.2) is 24.3 Å². The zero-order valence-corrected chi connectivity index (χ0v) is 13.0. The van der Waals surface area contributed by atoms with Crippen molar-refractivity contribution in [2.45, 2.75) is 32.9 Å². The van der Waals surface area contributed by atoms with E-state index in [4.69, 9.17) is 4.74 Å². The highest BCUT2D eigenvalue weighted by Gasteiger charge is 2.22. The minimum absolute atomic E-state index is 0.256. The Kier molecular flexibility index (Phi) is 4.96. The Morgan fingerprint density at radius 2 is 2.14 bits per heavy atom. The molecule has 0 aliphatic carbocycles. The third-order valence-electron chi connectivity index (χ3n) is 3.63. The molecule has 0 radical (unpaired) electrons. The standard InChI is InChI=1S/C16H22FN3O/c1-5-11-10-13(20(6-2)19-11)16(18-3)12-8-7-9-14(21-4)15(12)17/h7-10,16,18H,5-6H2,1-4H3. The van der Waals surface area contributed by atoms with Crippen LogP contribution in [0.3, 0.4) is 0 Å². The van der Waals surface area contributed by atoms with Crippen molar-refractivity contribution in [2.24, 2.45) is 0 Å². The lowest BCUT2D eigenvalue weighted by molar-refractivity contribution is 0.381. The highest BCUT2D eigenvalue weighted by atomic mass is 19.1. The number of benzene rings is 1. The van der Waals surface area contributed by atoms with Gasteiger partial charge in [0, 0.05) is 12.1 Å². The predicted octanol–water partition coefficient (Wildman–Crippen LogP) is 2.92. The number of methoxy groups -OCH3 is 1. The number of nitrogens with one attached hydrogen (secondary N) is 1. The molecule has 5 heteroatoms. The summed E-state index contributed by atoms with van der Waals surface area (Å²) in [6.07, 6.45) is 0.858. The fraction of sp³-hybridized carbons (Fsp3) is 0.438. The molecule has 0 saturated heterocycles. The number of nitrogens with zero attached hydrogens (tertiary/aromatic N) is 2. The smallest absolute Gasteiger partial charge is 0.170 e. The second-order valence-electron chi connectivity index (χ2n) is 4.82.